The minimum Gasteiger partial charge on any atom is -0.465 e. The fraction of sp³-hybridized carbons (Fsp3) is 0.900. The van der Waals surface area contributed by atoms with Crippen LogP contribution in [0.25, 0.3) is 0 Å². The molecular formula is C10H21O6P. The van der Waals surface area contributed by atoms with E-state index < -0.39 is 7.82 Å². The molecule has 0 aliphatic rings. The number of carbonyl (C=O) groups excluding carboxylic acids is 1. The van der Waals surface area contributed by atoms with Crippen LogP contribution in [0, 0.1) is 5.92 Å². The Balaban J connectivity index is 3.78. The molecule has 1 N–H and O–H groups in total. The molecule has 0 rings (SSSR count). The molecule has 0 aromatic carbocycles. The standard InChI is InChI=1S/C10H21O6P/c1-4-6-15-17(12,13)16-8-9(3)7-14-10(11)5-2/h9H,4-8H2,1-3H3,(H,12,13). The third-order valence-electron chi connectivity index (χ3n) is 1.80. The van der Waals surface area contributed by atoms with Crippen molar-refractivity contribution in [2.24, 2.45) is 5.92 Å². The minimum absolute atomic E-state index is 0.00842. The van der Waals surface area contributed by atoms with Crippen LogP contribution in [0.2, 0.25) is 0 Å². The van der Waals surface area contributed by atoms with Crippen LogP contribution in [0.15, 0.2) is 0 Å². The molecule has 0 saturated carbocycles. The van der Waals surface area contributed by atoms with Gasteiger partial charge in [0.2, 0.25) is 0 Å². The largest absolute Gasteiger partial charge is 0.472 e. The van der Waals surface area contributed by atoms with E-state index in [1.807, 2.05) is 6.92 Å². The summed E-state index contributed by atoms with van der Waals surface area (Å²) in [5.41, 5.74) is 0. The molecule has 0 heterocycles. The lowest BCUT2D eigenvalue weighted by molar-refractivity contribution is -0.144. The van der Waals surface area contributed by atoms with Gasteiger partial charge in [-0.1, -0.05) is 20.8 Å². The summed E-state index contributed by atoms with van der Waals surface area (Å²) in [6.07, 6.45) is 0.948. The number of phosphoric ester groups is 1. The molecule has 6 nitrogen and oxygen atoms in total. The monoisotopic (exact) mass is 268 g/mol. The van der Waals surface area contributed by atoms with Crippen molar-refractivity contribution in [3.05, 3.63) is 0 Å². The number of hydrogen-bond donors (Lipinski definition) is 1. The van der Waals surface area contributed by atoms with Gasteiger partial charge in [0, 0.05) is 12.3 Å². The molecule has 0 aromatic rings. The Kier molecular flexibility index (Phi) is 8.43. The molecule has 0 fully saturated rings. The molecule has 2 unspecified atom stereocenters. The van der Waals surface area contributed by atoms with Crippen molar-refractivity contribution in [2.75, 3.05) is 19.8 Å². The topological polar surface area (TPSA) is 82.1 Å². The van der Waals surface area contributed by atoms with E-state index in [4.69, 9.17) is 9.26 Å². The first-order valence-corrected chi connectivity index (χ1v) is 7.18. The zero-order valence-electron chi connectivity index (χ0n) is 10.5. The van der Waals surface area contributed by atoms with Crippen molar-refractivity contribution in [2.45, 2.75) is 33.6 Å². The van der Waals surface area contributed by atoms with Crippen LogP contribution < -0.4 is 0 Å². The third kappa shape index (κ3) is 9.30. The van der Waals surface area contributed by atoms with Gasteiger partial charge < -0.3 is 9.63 Å². The number of carbonyl (C=O) groups is 1. The molecule has 2 atom stereocenters. The van der Waals surface area contributed by atoms with Crippen LogP contribution in [0.4, 0.5) is 0 Å². The minimum atomic E-state index is -3.96. The summed E-state index contributed by atoms with van der Waals surface area (Å²) in [7, 11) is -3.96. The van der Waals surface area contributed by atoms with Gasteiger partial charge >= 0.3 is 13.8 Å². The van der Waals surface area contributed by atoms with Crippen molar-refractivity contribution in [3.8, 4) is 0 Å². The van der Waals surface area contributed by atoms with E-state index in [1.165, 1.54) is 0 Å². The summed E-state index contributed by atoms with van der Waals surface area (Å²) in [4.78, 5) is 20.1. The fourth-order valence-electron chi connectivity index (χ4n) is 0.851. The van der Waals surface area contributed by atoms with Crippen molar-refractivity contribution >= 4 is 13.8 Å². The average molecular weight is 268 g/mol. The SMILES string of the molecule is CCCOP(=O)(O)OCC(C)COC(=O)CC. The number of ether oxygens (including phenoxy) is 1. The normalized spacial score (nSPS) is 16.2. The van der Waals surface area contributed by atoms with Crippen LogP contribution in [0.5, 0.6) is 0 Å². The molecule has 0 spiro atoms. The Labute approximate surface area is 102 Å². The molecule has 0 saturated heterocycles. The van der Waals surface area contributed by atoms with E-state index in [2.05, 4.69) is 4.52 Å². The van der Waals surface area contributed by atoms with Crippen molar-refractivity contribution in [1.82, 2.24) is 0 Å². The van der Waals surface area contributed by atoms with E-state index in [0.717, 1.165) is 0 Å². The quantitative estimate of drug-likeness (QED) is 0.509. The van der Waals surface area contributed by atoms with Gasteiger partial charge in [-0.15, -0.1) is 0 Å². The van der Waals surface area contributed by atoms with Gasteiger partial charge in [0.15, 0.2) is 0 Å². The molecule has 102 valence electrons. The Morgan fingerprint density at radius 2 is 1.94 bits per heavy atom. The zero-order valence-corrected chi connectivity index (χ0v) is 11.4. The first kappa shape index (κ1) is 16.6. The lowest BCUT2D eigenvalue weighted by atomic mass is 10.2. The van der Waals surface area contributed by atoms with E-state index >= 15 is 0 Å². The van der Waals surface area contributed by atoms with Crippen LogP contribution in [-0.2, 0) is 23.1 Å². The first-order chi connectivity index (χ1) is 7.91. The molecule has 0 bridgehead atoms. The molecule has 0 radical (unpaired) electrons. The Bertz CT molecular complexity index is 268. The zero-order chi connectivity index (χ0) is 13.3. The molecule has 0 aromatic heterocycles. The van der Waals surface area contributed by atoms with E-state index in [9.17, 15) is 14.3 Å². The van der Waals surface area contributed by atoms with Gasteiger partial charge in [-0.25, -0.2) is 4.57 Å². The summed E-state index contributed by atoms with van der Waals surface area (Å²) < 4.78 is 25.6. The second-order valence-electron chi connectivity index (χ2n) is 3.74. The summed E-state index contributed by atoms with van der Waals surface area (Å²) in [5, 5.41) is 0. The van der Waals surface area contributed by atoms with Gasteiger partial charge in [0.25, 0.3) is 0 Å². The Morgan fingerprint density at radius 1 is 1.29 bits per heavy atom. The summed E-state index contributed by atoms with van der Waals surface area (Å²) >= 11 is 0. The van der Waals surface area contributed by atoms with Crippen LogP contribution in [-0.4, -0.2) is 30.7 Å². The summed E-state index contributed by atoms with van der Waals surface area (Å²) in [6.45, 7) is 5.63. The number of esters is 1. The Morgan fingerprint density at radius 3 is 2.47 bits per heavy atom. The van der Waals surface area contributed by atoms with Crippen molar-refractivity contribution in [3.63, 3.8) is 0 Å². The highest BCUT2D eigenvalue weighted by atomic mass is 31.2. The lowest BCUT2D eigenvalue weighted by Crippen LogP contribution is -2.15. The van der Waals surface area contributed by atoms with Gasteiger partial charge in [-0.2, -0.15) is 0 Å². The smallest absolute Gasteiger partial charge is 0.465 e. The van der Waals surface area contributed by atoms with E-state index in [-0.39, 0.29) is 31.7 Å². The highest BCUT2D eigenvalue weighted by molar-refractivity contribution is 7.47. The second-order valence-corrected chi connectivity index (χ2v) is 5.19. The van der Waals surface area contributed by atoms with Crippen molar-refractivity contribution in [1.29, 1.82) is 0 Å². The van der Waals surface area contributed by atoms with Gasteiger partial charge in [0.1, 0.15) is 0 Å². The van der Waals surface area contributed by atoms with Gasteiger partial charge in [-0.3, -0.25) is 13.8 Å². The van der Waals surface area contributed by atoms with Gasteiger partial charge in [0.05, 0.1) is 19.8 Å². The highest BCUT2D eigenvalue weighted by Crippen LogP contribution is 2.43. The second kappa shape index (κ2) is 8.64. The third-order valence-corrected chi connectivity index (χ3v) is 2.78. The van der Waals surface area contributed by atoms with Crippen LogP contribution in [0.1, 0.15) is 33.6 Å². The van der Waals surface area contributed by atoms with Crippen LogP contribution >= 0.6 is 7.82 Å². The number of phosphoric acid groups is 1. The fourth-order valence-corrected chi connectivity index (χ4v) is 1.78. The average Bonchev–Trinajstić information content (AvgIpc) is 2.31. The lowest BCUT2D eigenvalue weighted by Gasteiger charge is -2.15. The van der Waals surface area contributed by atoms with E-state index in [1.54, 1.807) is 13.8 Å². The molecular weight excluding hydrogens is 247 g/mol. The maximum Gasteiger partial charge on any atom is 0.472 e. The summed E-state index contributed by atoms with van der Waals surface area (Å²) in [6, 6.07) is 0. The molecule has 17 heavy (non-hydrogen) atoms. The Hall–Kier alpha value is -0.420. The molecule has 0 aliphatic heterocycles. The predicted molar refractivity (Wildman–Crippen MR) is 62.4 cm³/mol. The number of hydrogen-bond acceptors (Lipinski definition) is 5. The molecule has 7 heteroatoms. The van der Waals surface area contributed by atoms with Crippen LogP contribution in [0.3, 0.4) is 0 Å². The maximum atomic E-state index is 11.3. The maximum absolute atomic E-state index is 11.3. The summed E-state index contributed by atoms with van der Waals surface area (Å²) in [5.74, 6) is -0.456. The van der Waals surface area contributed by atoms with Gasteiger partial charge in [-0.05, 0) is 6.42 Å². The van der Waals surface area contributed by atoms with Crippen molar-refractivity contribution < 1.29 is 28.0 Å². The molecule has 0 amide bonds. The van der Waals surface area contributed by atoms with E-state index in [0.29, 0.717) is 12.8 Å². The number of rotatable bonds is 9. The molecule has 0 aliphatic carbocycles. The predicted octanol–water partition coefficient (Wildman–Crippen LogP) is 2.12. The first-order valence-electron chi connectivity index (χ1n) is 5.68. The highest BCUT2D eigenvalue weighted by Gasteiger charge is 2.21.